The third kappa shape index (κ3) is 2.64. The number of aromatic nitrogens is 1. The first-order valence-electron chi connectivity index (χ1n) is 6.56. The fraction of sp³-hybridized carbons (Fsp3) is 0.214. The first-order valence-corrected chi connectivity index (χ1v) is 8.83. The van der Waals surface area contributed by atoms with Crippen LogP contribution in [0, 0.1) is 10.1 Å². The molecule has 1 aliphatic rings. The highest BCUT2D eigenvalue weighted by atomic mass is 35.5. The molecule has 1 aliphatic carbocycles. The summed E-state index contributed by atoms with van der Waals surface area (Å²) < 4.78 is 23.9. The highest BCUT2D eigenvalue weighted by Crippen LogP contribution is 2.37. The highest BCUT2D eigenvalue weighted by Gasteiger charge is 2.24. The van der Waals surface area contributed by atoms with Gasteiger partial charge in [0, 0.05) is 29.8 Å². The monoisotopic (exact) mass is 354 g/mol. The summed E-state index contributed by atoms with van der Waals surface area (Å²) in [5, 5.41) is 21.0. The number of allylic oxidation sites excluding steroid dienone is 2. The van der Waals surface area contributed by atoms with Crippen LogP contribution in [0.5, 0.6) is 5.75 Å². The van der Waals surface area contributed by atoms with E-state index < -0.39 is 14.8 Å². The number of pyridine rings is 1. The molecule has 23 heavy (non-hydrogen) atoms. The van der Waals surface area contributed by atoms with E-state index in [2.05, 4.69) is 4.98 Å². The summed E-state index contributed by atoms with van der Waals surface area (Å²) in [6.45, 7) is 0. The van der Waals surface area contributed by atoms with Gasteiger partial charge in [0.2, 0.25) is 5.70 Å². The second-order valence-electron chi connectivity index (χ2n) is 5.30. The predicted octanol–water partition coefficient (Wildman–Crippen LogP) is 2.26. The molecular weight excluding hydrogens is 344 g/mol. The average Bonchev–Trinajstić information content (AvgIpc) is 2.47. The standard InChI is InChI=1S/C14H11ClN2O5S/c1-23(21,22)12-6-11(18)13(15)14-9(12)5-7-4-8(17(19)20)2-3-10(7)16-14/h2,5-6,18H,3-4H2,1H3. The SMILES string of the molecule is CS(=O)(=O)c1cc(O)c(Cl)c2nc3c(cc12)CC([N+](=O)[O-])=CC3. The van der Waals surface area contributed by atoms with E-state index >= 15 is 0 Å². The lowest BCUT2D eigenvalue weighted by Gasteiger charge is -2.15. The fourth-order valence-electron chi connectivity index (χ4n) is 2.59. The molecule has 1 heterocycles. The number of phenolic OH excluding ortho intramolecular Hbond substituents is 1. The summed E-state index contributed by atoms with van der Waals surface area (Å²) in [6.07, 6.45) is 2.79. The molecule has 9 heteroatoms. The Morgan fingerprint density at radius 1 is 1.39 bits per heavy atom. The van der Waals surface area contributed by atoms with E-state index in [-0.39, 0.29) is 45.1 Å². The number of hydrogen-bond donors (Lipinski definition) is 1. The zero-order chi connectivity index (χ0) is 16.9. The first kappa shape index (κ1) is 15.7. The van der Waals surface area contributed by atoms with E-state index in [1.165, 1.54) is 6.08 Å². The van der Waals surface area contributed by atoms with Crippen molar-refractivity contribution >= 4 is 32.3 Å². The van der Waals surface area contributed by atoms with Crippen LogP contribution in [0.3, 0.4) is 0 Å². The normalized spacial score (nSPS) is 14.4. The second kappa shape index (κ2) is 5.17. The van der Waals surface area contributed by atoms with Crippen molar-refractivity contribution in [2.24, 2.45) is 0 Å². The Bertz CT molecular complexity index is 998. The van der Waals surface area contributed by atoms with Crippen molar-refractivity contribution in [1.29, 1.82) is 0 Å². The third-order valence-electron chi connectivity index (χ3n) is 3.69. The largest absolute Gasteiger partial charge is 0.506 e. The number of rotatable bonds is 2. The average molecular weight is 355 g/mol. The number of fused-ring (bicyclic) bond motifs is 2. The lowest BCUT2D eigenvalue weighted by atomic mass is 9.97. The number of phenols is 1. The van der Waals surface area contributed by atoms with Crippen molar-refractivity contribution < 1.29 is 18.4 Å². The van der Waals surface area contributed by atoms with Gasteiger partial charge in [0.1, 0.15) is 10.8 Å². The molecule has 2 aromatic rings. The van der Waals surface area contributed by atoms with E-state index in [0.29, 0.717) is 11.3 Å². The second-order valence-corrected chi connectivity index (χ2v) is 7.67. The zero-order valence-electron chi connectivity index (χ0n) is 11.9. The van der Waals surface area contributed by atoms with E-state index in [4.69, 9.17) is 11.6 Å². The quantitative estimate of drug-likeness (QED) is 0.654. The maximum absolute atomic E-state index is 11.9. The van der Waals surface area contributed by atoms with Gasteiger partial charge >= 0.3 is 0 Å². The van der Waals surface area contributed by atoms with E-state index in [1.807, 2.05) is 0 Å². The van der Waals surface area contributed by atoms with Gasteiger partial charge in [-0.25, -0.2) is 8.42 Å². The Kier molecular flexibility index (Phi) is 3.53. The Balaban J connectivity index is 2.33. The molecule has 0 unspecified atom stereocenters. The molecule has 7 nitrogen and oxygen atoms in total. The smallest absolute Gasteiger partial charge is 0.247 e. The van der Waals surface area contributed by atoms with Gasteiger partial charge in [0.15, 0.2) is 9.84 Å². The van der Waals surface area contributed by atoms with Gasteiger partial charge in [-0.3, -0.25) is 15.1 Å². The van der Waals surface area contributed by atoms with Crippen LogP contribution in [-0.4, -0.2) is 29.7 Å². The molecule has 0 radical (unpaired) electrons. The Morgan fingerprint density at radius 3 is 2.70 bits per heavy atom. The summed E-state index contributed by atoms with van der Waals surface area (Å²) >= 11 is 6.04. The van der Waals surface area contributed by atoms with Crippen LogP contribution in [0.4, 0.5) is 0 Å². The molecular formula is C14H11ClN2O5S. The minimum Gasteiger partial charge on any atom is -0.506 e. The van der Waals surface area contributed by atoms with E-state index in [1.54, 1.807) is 6.07 Å². The summed E-state index contributed by atoms with van der Waals surface area (Å²) in [6, 6.07) is 2.62. The maximum Gasteiger partial charge on any atom is 0.247 e. The highest BCUT2D eigenvalue weighted by molar-refractivity contribution is 7.91. The summed E-state index contributed by atoms with van der Waals surface area (Å²) in [5.74, 6) is -0.371. The number of halogens is 1. The fourth-order valence-corrected chi connectivity index (χ4v) is 3.67. The molecule has 1 aromatic carbocycles. The Hall–Kier alpha value is -2.19. The van der Waals surface area contributed by atoms with Gasteiger partial charge in [-0.05, 0) is 17.7 Å². The van der Waals surface area contributed by atoms with Crippen molar-refractivity contribution in [2.75, 3.05) is 6.26 Å². The van der Waals surface area contributed by atoms with E-state index in [9.17, 15) is 23.6 Å². The first-order chi connectivity index (χ1) is 10.7. The van der Waals surface area contributed by atoms with Crippen molar-refractivity contribution in [3.8, 4) is 5.75 Å². The van der Waals surface area contributed by atoms with Crippen molar-refractivity contribution in [3.05, 3.63) is 50.3 Å². The molecule has 0 aliphatic heterocycles. The minimum absolute atomic E-state index is 0.0424. The van der Waals surface area contributed by atoms with Crippen LogP contribution in [0.1, 0.15) is 11.3 Å². The number of nitrogens with zero attached hydrogens (tertiary/aromatic N) is 2. The maximum atomic E-state index is 11.9. The van der Waals surface area contributed by atoms with Crippen LogP contribution in [0.2, 0.25) is 5.02 Å². The summed E-state index contributed by atoms with van der Waals surface area (Å²) in [7, 11) is -3.63. The molecule has 0 spiro atoms. The van der Waals surface area contributed by atoms with Crippen LogP contribution in [-0.2, 0) is 22.7 Å². The number of hydrogen-bond acceptors (Lipinski definition) is 6. The van der Waals surface area contributed by atoms with Crippen molar-refractivity contribution in [2.45, 2.75) is 17.7 Å². The number of sulfone groups is 1. The molecule has 120 valence electrons. The topological polar surface area (TPSA) is 110 Å². The third-order valence-corrected chi connectivity index (χ3v) is 5.20. The van der Waals surface area contributed by atoms with Crippen molar-refractivity contribution in [3.63, 3.8) is 0 Å². The molecule has 0 amide bonds. The Morgan fingerprint density at radius 2 is 2.09 bits per heavy atom. The van der Waals surface area contributed by atoms with Gasteiger partial charge in [-0.15, -0.1) is 0 Å². The molecule has 3 rings (SSSR count). The van der Waals surface area contributed by atoms with E-state index in [0.717, 1.165) is 12.3 Å². The van der Waals surface area contributed by atoms with Crippen molar-refractivity contribution in [1.82, 2.24) is 4.98 Å². The molecule has 0 atom stereocenters. The predicted molar refractivity (Wildman–Crippen MR) is 84.0 cm³/mol. The minimum atomic E-state index is -3.63. The zero-order valence-corrected chi connectivity index (χ0v) is 13.5. The lowest BCUT2D eigenvalue weighted by molar-refractivity contribution is -0.427. The van der Waals surface area contributed by atoms with Crippen LogP contribution in [0.25, 0.3) is 10.9 Å². The summed E-state index contributed by atoms with van der Waals surface area (Å²) in [5.41, 5.74) is 1.38. The Labute approximate surface area is 136 Å². The lowest BCUT2D eigenvalue weighted by Crippen LogP contribution is -2.12. The molecule has 0 saturated carbocycles. The summed E-state index contributed by atoms with van der Waals surface area (Å²) in [4.78, 5) is 14.7. The number of benzene rings is 1. The van der Waals surface area contributed by atoms with Crippen LogP contribution < -0.4 is 0 Å². The number of aromatic hydroxyl groups is 1. The molecule has 1 N–H and O–H groups in total. The van der Waals surface area contributed by atoms with Gasteiger partial charge in [0.05, 0.1) is 21.8 Å². The number of nitro groups is 1. The molecule has 0 bridgehead atoms. The molecule has 1 aromatic heterocycles. The molecule has 0 saturated heterocycles. The van der Waals surface area contributed by atoms with Gasteiger partial charge in [-0.2, -0.15) is 0 Å². The van der Waals surface area contributed by atoms with Crippen LogP contribution >= 0.6 is 11.6 Å². The molecule has 0 fully saturated rings. The van der Waals surface area contributed by atoms with Gasteiger partial charge in [-0.1, -0.05) is 11.6 Å². The van der Waals surface area contributed by atoms with Crippen LogP contribution in [0.15, 0.2) is 28.8 Å². The van der Waals surface area contributed by atoms with Gasteiger partial charge in [0.25, 0.3) is 0 Å². The van der Waals surface area contributed by atoms with Gasteiger partial charge < -0.3 is 5.11 Å².